The van der Waals surface area contributed by atoms with Crippen molar-refractivity contribution in [2.45, 2.75) is 0 Å². The van der Waals surface area contributed by atoms with E-state index in [4.69, 9.17) is 0 Å². The van der Waals surface area contributed by atoms with E-state index >= 15 is 0 Å². The second-order valence-electron chi connectivity index (χ2n) is 1.48. The summed E-state index contributed by atoms with van der Waals surface area (Å²) in [6.45, 7) is 0. The van der Waals surface area contributed by atoms with Gasteiger partial charge >= 0.3 is 21.8 Å². The Labute approximate surface area is 96.6 Å². The van der Waals surface area contributed by atoms with Crippen LogP contribution in [0.25, 0.3) is 0 Å². The van der Waals surface area contributed by atoms with Crippen LogP contribution < -0.4 is 0 Å². The Hall–Kier alpha value is 0.0951. The molecule has 0 aliphatic carbocycles. The van der Waals surface area contributed by atoms with Gasteiger partial charge in [0.25, 0.3) is 0 Å². The molecule has 0 aromatic heterocycles. The van der Waals surface area contributed by atoms with E-state index in [1.807, 2.05) is 0 Å². The van der Waals surface area contributed by atoms with Gasteiger partial charge in [0.05, 0.1) is 0 Å². The van der Waals surface area contributed by atoms with E-state index < -0.39 is 21.8 Å². The Morgan fingerprint density at radius 2 is 0.312 bits per heavy atom. The number of hydrogen-bond acceptors (Lipinski definition) is 0. The fourth-order valence-electron chi connectivity index (χ4n) is 0. The standard InChI is InChI=1S/Ag.3BF4/c;3*2-1(3,4)5/q;3*-1. The van der Waals surface area contributed by atoms with Gasteiger partial charge < -0.3 is 51.8 Å². The molecule has 0 rings (SSSR count). The Balaban J connectivity index is -0.0000000655. The molecule has 0 spiro atoms. The normalized spacial score (nSPS) is 11.2. The van der Waals surface area contributed by atoms with Crippen LogP contribution in [0.4, 0.5) is 51.8 Å². The summed E-state index contributed by atoms with van der Waals surface area (Å²) in [5, 5.41) is 0. The van der Waals surface area contributed by atoms with Crippen molar-refractivity contribution in [2.75, 3.05) is 0 Å². The van der Waals surface area contributed by atoms with Crippen LogP contribution in [0.3, 0.4) is 0 Å². The van der Waals surface area contributed by atoms with Crippen LogP contribution in [0, 0.1) is 0 Å². The first-order chi connectivity index (χ1) is 6.00. The van der Waals surface area contributed by atoms with Crippen LogP contribution in [0.1, 0.15) is 0 Å². The van der Waals surface area contributed by atoms with Crippen molar-refractivity contribution in [1.82, 2.24) is 0 Å². The SMILES string of the molecule is F[B-](F)(F)F.F[B-](F)(F)F.F[B-](F)(F)F.[Ag]. The summed E-state index contributed by atoms with van der Waals surface area (Å²) in [6.07, 6.45) is 0. The van der Waals surface area contributed by atoms with E-state index in [0.717, 1.165) is 0 Å². The van der Waals surface area contributed by atoms with Crippen molar-refractivity contribution in [2.24, 2.45) is 0 Å². The van der Waals surface area contributed by atoms with E-state index in [9.17, 15) is 51.8 Å². The predicted molar refractivity (Wildman–Crippen MR) is 30.6 cm³/mol. The van der Waals surface area contributed by atoms with Crippen LogP contribution in [-0.4, -0.2) is 21.8 Å². The van der Waals surface area contributed by atoms with Crippen LogP contribution >= 0.6 is 0 Å². The molecule has 0 bridgehead atoms. The average Bonchev–Trinajstić information content (AvgIpc) is 1.41. The summed E-state index contributed by atoms with van der Waals surface area (Å²) in [5.41, 5.74) is 0. The van der Waals surface area contributed by atoms with E-state index in [-0.39, 0.29) is 22.4 Å². The number of hydrogen-bond donors (Lipinski definition) is 0. The van der Waals surface area contributed by atoms with Gasteiger partial charge in [-0.1, -0.05) is 0 Å². The minimum atomic E-state index is -6.00. The van der Waals surface area contributed by atoms with Gasteiger partial charge in [-0.25, -0.2) is 0 Å². The fraction of sp³-hybridized carbons (Fsp3) is 0. The summed E-state index contributed by atoms with van der Waals surface area (Å²) in [5.74, 6) is 0. The molecule has 107 valence electrons. The Bertz CT molecular complexity index is 91.3. The van der Waals surface area contributed by atoms with Crippen LogP contribution in [0.5, 0.6) is 0 Å². The first-order valence-corrected chi connectivity index (χ1v) is 2.62. The summed E-state index contributed by atoms with van der Waals surface area (Å²) in [4.78, 5) is 0. The van der Waals surface area contributed by atoms with E-state index in [0.29, 0.717) is 0 Å². The van der Waals surface area contributed by atoms with Gasteiger partial charge in [0.15, 0.2) is 0 Å². The molecular weight excluding hydrogens is 368 g/mol. The maximum atomic E-state index is 9.75. The van der Waals surface area contributed by atoms with E-state index in [2.05, 4.69) is 0 Å². The molecule has 0 saturated heterocycles. The molecule has 16 heavy (non-hydrogen) atoms. The van der Waals surface area contributed by atoms with Gasteiger partial charge in [-0.15, -0.1) is 0 Å². The third-order valence-corrected chi connectivity index (χ3v) is 0. The smallest absolute Gasteiger partial charge is 0.418 e. The topological polar surface area (TPSA) is 0 Å². The second kappa shape index (κ2) is 9.16. The maximum absolute atomic E-state index is 9.75. The van der Waals surface area contributed by atoms with Crippen molar-refractivity contribution in [3.8, 4) is 0 Å². The van der Waals surface area contributed by atoms with Gasteiger partial charge in [-0.2, -0.15) is 0 Å². The molecule has 0 aromatic carbocycles. The second-order valence-corrected chi connectivity index (χ2v) is 1.48. The molecule has 0 saturated carbocycles. The first-order valence-electron chi connectivity index (χ1n) is 2.62. The molecule has 1 radical (unpaired) electrons. The zero-order chi connectivity index (χ0) is 13.5. The predicted octanol–water partition coefficient (Wildman–Crippen LogP) is 3.90. The molecule has 0 N–H and O–H groups in total. The van der Waals surface area contributed by atoms with Gasteiger partial charge in [0.2, 0.25) is 0 Å². The van der Waals surface area contributed by atoms with Crippen molar-refractivity contribution >= 4 is 21.8 Å². The van der Waals surface area contributed by atoms with Crippen LogP contribution in [-0.2, 0) is 22.4 Å². The minimum absolute atomic E-state index is 0. The van der Waals surface area contributed by atoms with E-state index in [1.54, 1.807) is 0 Å². The average molecular weight is 368 g/mol. The maximum Gasteiger partial charge on any atom is 0.673 e. The van der Waals surface area contributed by atoms with Gasteiger partial charge in [0.1, 0.15) is 0 Å². The molecular formula is AgB3F12-3. The summed E-state index contributed by atoms with van der Waals surface area (Å²) in [7, 11) is -18.0. The Kier molecular flexibility index (Phi) is 14.4. The summed E-state index contributed by atoms with van der Waals surface area (Å²) in [6, 6.07) is 0. The number of halogens is 12. The molecule has 0 fully saturated rings. The quantitative estimate of drug-likeness (QED) is 0.450. The molecule has 0 aliphatic heterocycles. The molecule has 16 heteroatoms. The molecule has 0 unspecified atom stereocenters. The van der Waals surface area contributed by atoms with Gasteiger partial charge in [-0.05, 0) is 0 Å². The van der Waals surface area contributed by atoms with Crippen molar-refractivity contribution < 1.29 is 74.2 Å². The third-order valence-electron chi connectivity index (χ3n) is 0. The van der Waals surface area contributed by atoms with Crippen LogP contribution in [0.2, 0.25) is 0 Å². The molecule has 0 aliphatic rings. The Morgan fingerprint density at radius 3 is 0.312 bits per heavy atom. The molecule has 0 aromatic rings. The molecule has 0 atom stereocenters. The van der Waals surface area contributed by atoms with Gasteiger partial charge in [0, 0.05) is 22.4 Å². The zero-order valence-corrected chi connectivity index (χ0v) is 8.05. The minimum Gasteiger partial charge on any atom is -0.418 e. The van der Waals surface area contributed by atoms with Crippen molar-refractivity contribution in [3.05, 3.63) is 0 Å². The van der Waals surface area contributed by atoms with Crippen molar-refractivity contribution in [1.29, 1.82) is 0 Å². The summed E-state index contributed by atoms with van der Waals surface area (Å²) >= 11 is 0. The number of rotatable bonds is 0. The molecule has 0 heterocycles. The van der Waals surface area contributed by atoms with E-state index in [1.165, 1.54) is 0 Å². The largest absolute Gasteiger partial charge is 0.673 e. The summed E-state index contributed by atoms with van der Waals surface area (Å²) < 4.78 is 117. The molecule has 0 nitrogen and oxygen atoms in total. The zero-order valence-electron chi connectivity index (χ0n) is 6.57. The molecule has 0 amide bonds. The fourth-order valence-corrected chi connectivity index (χ4v) is 0. The van der Waals surface area contributed by atoms with Gasteiger partial charge in [-0.3, -0.25) is 0 Å². The third kappa shape index (κ3) is 267000. The Morgan fingerprint density at radius 1 is 0.312 bits per heavy atom. The monoisotopic (exact) mass is 368 g/mol. The van der Waals surface area contributed by atoms with Crippen molar-refractivity contribution in [3.63, 3.8) is 0 Å². The first kappa shape index (κ1) is 25.1. The van der Waals surface area contributed by atoms with Crippen LogP contribution in [0.15, 0.2) is 0 Å².